The predicted octanol–water partition coefficient (Wildman–Crippen LogP) is 0.614. The van der Waals surface area contributed by atoms with Gasteiger partial charge in [-0.05, 0) is 37.0 Å². The van der Waals surface area contributed by atoms with Crippen LogP contribution in [0.5, 0.6) is 0 Å². The lowest BCUT2D eigenvalue weighted by Crippen LogP contribution is -2.52. The first-order valence-corrected chi connectivity index (χ1v) is 8.77. The van der Waals surface area contributed by atoms with Gasteiger partial charge in [-0.15, -0.1) is 0 Å². The molecule has 2 N–H and O–H groups in total. The van der Waals surface area contributed by atoms with Gasteiger partial charge in [0.25, 0.3) is 10.2 Å². The van der Waals surface area contributed by atoms with E-state index in [0.29, 0.717) is 26.1 Å². The molecule has 2 rings (SSSR count). The Bertz CT molecular complexity index is 535. The largest absolute Gasteiger partial charge is 0.329 e. The van der Waals surface area contributed by atoms with Crippen molar-refractivity contribution in [3.8, 4) is 0 Å². The Hall–Kier alpha value is -1.02. The topological polar surface area (TPSA) is 79.5 Å². The van der Waals surface area contributed by atoms with E-state index in [0.717, 1.165) is 24.8 Å². The molecule has 2 heterocycles. The Morgan fingerprint density at radius 2 is 2.10 bits per heavy atom. The fraction of sp³-hybridized carbons (Fsp3) is 0.643. The number of nitrogens with two attached hydrogens (primary N) is 1. The molecule has 0 amide bonds. The van der Waals surface area contributed by atoms with Crippen LogP contribution in [0.3, 0.4) is 0 Å². The van der Waals surface area contributed by atoms with Crippen LogP contribution >= 0.6 is 0 Å². The van der Waals surface area contributed by atoms with E-state index in [1.807, 2.05) is 12.1 Å². The van der Waals surface area contributed by atoms with Gasteiger partial charge >= 0.3 is 0 Å². The number of piperidine rings is 1. The van der Waals surface area contributed by atoms with Crippen molar-refractivity contribution in [2.24, 2.45) is 5.73 Å². The van der Waals surface area contributed by atoms with E-state index >= 15 is 0 Å². The van der Waals surface area contributed by atoms with Crippen LogP contribution in [0.2, 0.25) is 0 Å². The fourth-order valence-corrected chi connectivity index (χ4v) is 4.25. The first kappa shape index (κ1) is 16.4. The highest BCUT2D eigenvalue weighted by molar-refractivity contribution is 7.86. The molecule has 7 heteroatoms. The fourth-order valence-electron chi connectivity index (χ4n) is 2.64. The van der Waals surface area contributed by atoms with Crippen LogP contribution < -0.4 is 5.73 Å². The zero-order valence-corrected chi connectivity index (χ0v) is 13.3. The highest BCUT2D eigenvalue weighted by Gasteiger charge is 2.33. The molecule has 1 saturated heterocycles. The first-order valence-electron chi connectivity index (χ1n) is 7.38. The Labute approximate surface area is 127 Å². The summed E-state index contributed by atoms with van der Waals surface area (Å²) >= 11 is 0. The van der Waals surface area contributed by atoms with Crippen LogP contribution in [0.4, 0.5) is 0 Å². The van der Waals surface area contributed by atoms with Gasteiger partial charge in [0, 0.05) is 45.1 Å². The average Bonchev–Trinajstić information content (AvgIpc) is 2.53. The zero-order chi connectivity index (χ0) is 15.3. The lowest BCUT2D eigenvalue weighted by molar-refractivity contribution is 0.241. The molecule has 6 nitrogen and oxygen atoms in total. The molecule has 0 saturated carbocycles. The Kier molecular flexibility index (Phi) is 5.69. The Morgan fingerprint density at radius 3 is 2.76 bits per heavy atom. The third-order valence-electron chi connectivity index (χ3n) is 4.00. The number of nitrogens with zero attached hydrogens (tertiary/aromatic N) is 3. The van der Waals surface area contributed by atoms with Gasteiger partial charge in [-0.2, -0.15) is 17.0 Å². The number of pyridine rings is 1. The number of aromatic nitrogens is 1. The van der Waals surface area contributed by atoms with Gasteiger partial charge < -0.3 is 5.73 Å². The molecule has 118 valence electrons. The molecular formula is C14H24N4O2S. The van der Waals surface area contributed by atoms with Crippen molar-refractivity contribution < 1.29 is 8.42 Å². The first-order chi connectivity index (χ1) is 10.1. The summed E-state index contributed by atoms with van der Waals surface area (Å²) in [5, 5.41) is 0. The molecule has 1 fully saturated rings. The molecule has 0 aliphatic carbocycles. The van der Waals surface area contributed by atoms with Crippen LogP contribution in [0.25, 0.3) is 0 Å². The van der Waals surface area contributed by atoms with E-state index in [9.17, 15) is 8.42 Å². The summed E-state index contributed by atoms with van der Waals surface area (Å²) in [4.78, 5) is 3.96. The summed E-state index contributed by atoms with van der Waals surface area (Å²) in [5.74, 6) is 0. The highest BCUT2D eigenvalue weighted by Crippen LogP contribution is 2.21. The minimum atomic E-state index is -3.42. The van der Waals surface area contributed by atoms with Gasteiger partial charge in [-0.1, -0.05) is 6.42 Å². The molecule has 1 atom stereocenters. The summed E-state index contributed by atoms with van der Waals surface area (Å²) in [6, 6.07) is 3.75. The van der Waals surface area contributed by atoms with Crippen molar-refractivity contribution in [1.29, 1.82) is 0 Å². The van der Waals surface area contributed by atoms with E-state index in [4.69, 9.17) is 5.73 Å². The SMILES string of the molecule is CN(CCc1ccncc1)S(=O)(=O)N1CCCCC1CN. The molecule has 0 radical (unpaired) electrons. The highest BCUT2D eigenvalue weighted by atomic mass is 32.2. The molecule has 1 unspecified atom stereocenters. The van der Waals surface area contributed by atoms with Crippen LogP contribution in [-0.2, 0) is 16.6 Å². The number of likely N-dealkylation sites (N-methyl/N-ethyl adjacent to an activating group) is 1. The second-order valence-corrected chi connectivity index (χ2v) is 7.42. The maximum atomic E-state index is 12.7. The van der Waals surface area contributed by atoms with E-state index in [1.165, 1.54) is 4.31 Å². The molecule has 1 aliphatic heterocycles. The van der Waals surface area contributed by atoms with E-state index in [-0.39, 0.29) is 6.04 Å². The number of rotatable bonds is 6. The van der Waals surface area contributed by atoms with Gasteiger partial charge in [0.05, 0.1) is 0 Å². The minimum Gasteiger partial charge on any atom is -0.329 e. The molecule has 0 spiro atoms. The van der Waals surface area contributed by atoms with Crippen molar-refractivity contribution in [2.45, 2.75) is 31.7 Å². The van der Waals surface area contributed by atoms with E-state index < -0.39 is 10.2 Å². The quantitative estimate of drug-likeness (QED) is 0.835. The van der Waals surface area contributed by atoms with Crippen LogP contribution in [0.1, 0.15) is 24.8 Å². The maximum Gasteiger partial charge on any atom is 0.282 e. The molecule has 1 aromatic heterocycles. The standard InChI is InChI=1S/C14H24N4O2S/c1-17(11-7-13-5-8-16-9-6-13)21(19,20)18-10-3-2-4-14(18)12-15/h5-6,8-9,14H,2-4,7,10-12,15H2,1H3. The monoisotopic (exact) mass is 312 g/mol. The zero-order valence-electron chi connectivity index (χ0n) is 12.5. The van der Waals surface area contributed by atoms with Crippen molar-refractivity contribution in [1.82, 2.24) is 13.6 Å². The Balaban J connectivity index is 2.00. The molecule has 0 aromatic carbocycles. The van der Waals surface area contributed by atoms with E-state index in [1.54, 1.807) is 23.7 Å². The summed E-state index contributed by atoms with van der Waals surface area (Å²) in [6.07, 6.45) is 6.94. The predicted molar refractivity (Wildman–Crippen MR) is 82.9 cm³/mol. The van der Waals surface area contributed by atoms with Crippen LogP contribution in [-0.4, -0.2) is 54.7 Å². The second kappa shape index (κ2) is 7.31. The van der Waals surface area contributed by atoms with Gasteiger partial charge in [-0.3, -0.25) is 4.98 Å². The van der Waals surface area contributed by atoms with Crippen molar-refractivity contribution in [3.05, 3.63) is 30.1 Å². The summed E-state index contributed by atoms with van der Waals surface area (Å²) in [5.41, 5.74) is 6.81. The maximum absolute atomic E-state index is 12.7. The molecule has 21 heavy (non-hydrogen) atoms. The summed E-state index contributed by atoms with van der Waals surface area (Å²) in [7, 11) is -1.78. The Morgan fingerprint density at radius 1 is 1.38 bits per heavy atom. The third-order valence-corrected chi connectivity index (χ3v) is 6.04. The smallest absolute Gasteiger partial charge is 0.282 e. The third kappa shape index (κ3) is 4.00. The van der Waals surface area contributed by atoms with Crippen molar-refractivity contribution in [2.75, 3.05) is 26.7 Å². The number of hydrogen-bond donors (Lipinski definition) is 1. The van der Waals surface area contributed by atoms with Crippen molar-refractivity contribution in [3.63, 3.8) is 0 Å². The lowest BCUT2D eigenvalue weighted by Gasteiger charge is -2.36. The molecular weight excluding hydrogens is 288 g/mol. The van der Waals surface area contributed by atoms with Gasteiger partial charge in [0.2, 0.25) is 0 Å². The van der Waals surface area contributed by atoms with Crippen LogP contribution in [0, 0.1) is 0 Å². The summed E-state index contributed by atoms with van der Waals surface area (Å²) < 4.78 is 28.3. The lowest BCUT2D eigenvalue weighted by atomic mass is 10.1. The minimum absolute atomic E-state index is 0.0628. The average molecular weight is 312 g/mol. The van der Waals surface area contributed by atoms with Gasteiger partial charge in [0.1, 0.15) is 0 Å². The second-order valence-electron chi connectivity index (χ2n) is 5.43. The van der Waals surface area contributed by atoms with Gasteiger partial charge in [-0.25, -0.2) is 0 Å². The van der Waals surface area contributed by atoms with Gasteiger partial charge in [0.15, 0.2) is 0 Å². The number of hydrogen-bond acceptors (Lipinski definition) is 4. The molecule has 1 aliphatic rings. The van der Waals surface area contributed by atoms with Crippen LogP contribution in [0.15, 0.2) is 24.5 Å². The molecule has 0 bridgehead atoms. The normalized spacial score (nSPS) is 20.8. The van der Waals surface area contributed by atoms with Crippen molar-refractivity contribution >= 4 is 10.2 Å². The summed E-state index contributed by atoms with van der Waals surface area (Å²) in [6.45, 7) is 1.42. The molecule has 1 aromatic rings. The van der Waals surface area contributed by atoms with E-state index in [2.05, 4.69) is 4.98 Å².